The van der Waals surface area contributed by atoms with Crippen molar-refractivity contribution in [2.75, 3.05) is 12.3 Å². The van der Waals surface area contributed by atoms with Gasteiger partial charge in [-0.2, -0.15) is 4.31 Å². The Labute approximate surface area is 114 Å². The second kappa shape index (κ2) is 5.46. The first-order valence-corrected chi connectivity index (χ1v) is 8.08. The standard InChI is InChI=1S/C13H21N3O2S/c1-10(2)7-8-16(11-3-4-11)19(17,18)12-5-6-13(14)15-9-12/h5-6,9-11H,3-4,7-8H2,1-2H3,(H2,14,15). The summed E-state index contributed by atoms with van der Waals surface area (Å²) in [5.41, 5.74) is 5.50. The number of nitrogen functional groups attached to an aromatic ring is 1. The third kappa shape index (κ3) is 3.45. The Kier molecular flexibility index (Phi) is 4.10. The van der Waals surface area contributed by atoms with Crippen LogP contribution in [0.1, 0.15) is 33.1 Å². The van der Waals surface area contributed by atoms with E-state index in [4.69, 9.17) is 5.73 Å². The molecule has 0 saturated heterocycles. The SMILES string of the molecule is CC(C)CCN(C1CC1)S(=O)(=O)c1ccc(N)nc1. The van der Waals surface area contributed by atoms with Crippen molar-refractivity contribution in [1.29, 1.82) is 0 Å². The molecule has 1 aromatic rings. The van der Waals surface area contributed by atoms with E-state index in [2.05, 4.69) is 18.8 Å². The number of rotatable bonds is 6. The molecule has 0 radical (unpaired) electrons. The number of sulfonamides is 1. The fraction of sp³-hybridized carbons (Fsp3) is 0.615. The van der Waals surface area contributed by atoms with Gasteiger partial charge in [-0.05, 0) is 37.3 Å². The molecule has 0 atom stereocenters. The summed E-state index contributed by atoms with van der Waals surface area (Å²) in [4.78, 5) is 4.11. The van der Waals surface area contributed by atoms with Crippen molar-refractivity contribution in [2.45, 2.75) is 44.0 Å². The summed E-state index contributed by atoms with van der Waals surface area (Å²) in [6.07, 6.45) is 4.13. The third-order valence-electron chi connectivity index (χ3n) is 3.25. The topological polar surface area (TPSA) is 76.3 Å². The van der Waals surface area contributed by atoms with Gasteiger partial charge in [-0.15, -0.1) is 0 Å². The van der Waals surface area contributed by atoms with Crippen LogP contribution in [0.4, 0.5) is 5.82 Å². The maximum atomic E-state index is 12.6. The van der Waals surface area contributed by atoms with E-state index in [1.165, 1.54) is 18.3 Å². The van der Waals surface area contributed by atoms with Gasteiger partial charge in [0.2, 0.25) is 10.0 Å². The lowest BCUT2D eigenvalue weighted by molar-refractivity contribution is 0.373. The minimum absolute atomic E-state index is 0.168. The molecule has 1 aromatic heterocycles. The average Bonchev–Trinajstić information content (AvgIpc) is 3.13. The predicted octanol–water partition coefficient (Wildman–Crippen LogP) is 1.86. The molecule has 106 valence electrons. The summed E-state index contributed by atoms with van der Waals surface area (Å²) in [6.45, 7) is 4.78. The molecule has 1 aliphatic carbocycles. The van der Waals surface area contributed by atoms with Gasteiger partial charge in [-0.3, -0.25) is 0 Å². The van der Waals surface area contributed by atoms with Crippen molar-refractivity contribution in [3.05, 3.63) is 18.3 Å². The van der Waals surface area contributed by atoms with Crippen molar-refractivity contribution in [2.24, 2.45) is 5.92 Å². The van der Waals surface area contributed by atoms with Crippen LogP contribution >= 0.6 is 0 Å². The Balaban J connectivity index is 2.21. The first-order chi connectivity index (χ1) is 8.91. The Morgan fingerprint density at radius 1 is 1.42 bits per heavy atom. The van der Waals surface area contributed by atoms with Crippen LogP contribution in [0.15, 0.2) is 23.2 Å². The van der Waals surface area contributed by atoms with E-state index in [9.17, 15) is 8.42 Å². The van der Waals surface area contributed by atoms with Crippen LogP contribution in [-0.4, -0.2) is 30.3 Å². The molecule has 5 nitrogen and oxygen atoms in total. The highest BCUT2D eigenvalue weighted by Crippen LogP contribution is 2.32. The first kappa shape index (κ1) is 14.3. The molecular formula is C13H21N3O2S. The van der Waals surface area contributed by atoms with Gasteiger partial charge < -0.3 is 5.73 Å². The van der Waals surface area contributed by atoms with E-state index >= 15 is 0 Å². The molecule has 0 amide bonds. The van der Waals surface area contributed by atoms with Crippen molar-refractivity contribution >= 4 is 15.8 Å². The van der Waals surface area contributed by atoms with Gasteiger partial charge in [0.05, 0.1) is 0 Å². The molecule has 0 unspecified atom stereocenters. The van der Waals surface area contributed by atoms with Crippen LogP contribution in [0, 0.1) is 5.92 Å². The monoisotopic (exact) mass is 283 g/mol. The van der Waals surface area contributed by atoms with E-state index in [0.29, 0.717) is 18.3 Å². The molecule has 1 aliphatic rings. The van der Waals surface area contributed by atoms with Gasteiger partial charge in [0, 0.05) is 18.8 Å². The summed E-state index contributed by atoms with van der Waals surface area (Å²) in [5, 5.41) is 0. The summed E-state index contributed by atoms with van der Waals surface area (Å²) < 4.78 is 26.8. The minimum atomic E-state index is -3.43. The molecule has 0 aromatic carbocycles. The first-order valence-electron chi connectivity index (χ1n) is 6.64. The Bertz CT molecular complexity index is 521. The van der Waals surface area contributed by atoms with Crippen molar-refractivity contribution in [1.82, 2.24) is 9.29 Å². The van der Waals surface area contributed by atoms with Crippen LogP contribution < -0.4 is 5.73 Å². The van der Waals surface area contributed by atoms with E-state index in [0.717, 1.165) is 19.3 Å². The zero-order chi connectivity index (χ0) is 14.0. The fourth-order valence-corrected chi connectivity index (χ4v) is 3.57. The molecule has 19 heavy (non-hydrogen) atoms. The van der Waals surface area contributed by atoms with Crippen LogP contribution in [0.5, 0.6) is 0 Å². The zero-order valence-corrected chi connectivity index (χ0v) is 12.2. The second-order valence-electron chi connectivity index (χ2n) is 5.45. The molecule has 1 heterocycles. The number of hydrogen-bond donors (Lipinski definition) is 1. The lowest BCUT2D eigenvalue weighted by Crippen LogP contribution is -2.34. The van der Waals surface area contributed by atoms with Crippen LogP contribution in [-0.2, 0) is 10.0 Å². The normalized spacial score (nSPS) is 16.2. The molecule has 2 N–H and O–H groups in total. The molecule has 1 fully saturated rings. The summed E-state index contributed by atoms with van der Waals surface area (Å²) in [7, 11) is -3.43. The fourth-order valence-electron chi connectivity index (χ4n) is 1.93. The number of nitrogens with zero attached hydrogens (tertiary/aromatic N) is 2. The van der Waals surface area contributed by atoms with Gasteiger partial charge >= 0.3 is 0 Å². The smallest absolute Gasteiger partial charge is 0.244 e. The zero-order valence-electron chi connectivity index (χ0n) is 11.4. The molecule has 1 saturated carbocycles. The lowest BCUT2D eigenvalue weighted by Gasteiger charge is -2.22. The van der Waals surface area contributed by atoms with Gasteiger partial charge in [-0.1, -0.05) is 13.8 Å². The number of aromatic nitrogens is 1. The third-order valence-corrected chi connectivity index (χ3v) is 5.18. The van der Waals surface area contributed by atoms with Crippen LogP contribution in [0.25, 0.3) is 0 Å². The highest BCUT2D eigenvalue weighted by Gasteiger charge is 2.37. The molecule has 2 rings (SSSR count). The number of pyridine rings is 1. The summed E-state index contributed by atoms with van der Waals surface area (Å²) in [6, 6.07) is 3.23. The maximum absolute atomic E-state index is 12.6. The van der Waals surface area contributed by atoms with Gasteiger partial charge in [0.15, 0.2) is 0 Å². The van der Waals surface area contributed by atoms with Crippen molar-refractivity contribution < 1.29 is 8.42 Å². The van der Waals surface area contributed by atoms with E-state index in [-0.39, 0.29) is 10.9 Å². The second-order valence-corrected chi connectivity index (χ2v) is 7.34. The predicted molar refractivity (Wildman–Crippen MR) is 75.0 cm³/mol. The van der Waals surface area contributed by atoms with Crippen LogP contribution in [0.2, 0.25) is 0 Å². The quantitative estimate of drug-likeness (QED) is 0.864. The summed E-state index contributed by atoms with van der Waals surface area (Å²) in [5.74, 6) is 0.820. The molecule has 0 aliphatic heterocycles. The van der Waals surface area contributed by atoms with Gasteiger partial charge in [0.1, 0.15) is 10.7 Å². The van der Waals surface area contributed by atoms with Crippen molar-refractivity contribution in [3.63, 3.8) is 0 Å². The van der Waals surface area contributed by atoms with Gasteiger partial charge in [0.25, 0.3) is 0 Å². The number of nitrogens with two attached hydrogens (primary N) is 1. The molecular weight excluding hydrogens is 262 g/mol. The average molecular weight is 283 g/mol. The van der Waals surface area contributed by atoms with Crippen molar-refractivity contribution in [3.8, 4) is 0 Å². The maximum Gasteiger partial charge on any atom is 0.244 e. The Morgan fingerprint density at radius 3 is 2.58 bits per heavy atom. The number of anilines is 1. The molecule has 0 bridgehead atoms. The van der Waals surface area contributed by atoms with Gasteiger partial charge in [-0.25, -0.2) is 13.4 Å². The minimum Gasteiger partial charge on any atom is -0.384 e. The largest absolute Gasteiger partial charge is 0.384 e. The molecule has 6 heteroatoms. The van der Waals surface area contributed by atoms with Crippen LogP contribution in [0.3, 0.4) is 0 Å². The highest BCUT2D eigenvalue weighted by atomic mass is 32.2. The van der Waals surface area contributed by atoms with E-state index < -0.39 is 10.0 Å². The van der Waals surface area contributed by atoms with E-state index in [1.54, 1.807) is 4.31 Å². The summed E-state index contributed by atoms with van der Waals surface area (Å²) >= 11 is 0. The Morgan fingerprint density at radius 2 is 2.11 bits per heavy atom. The van der Waals surface area contributed by atoms with E-state index in [1.807, 2.05) is 0 Å². The molecule has 0 spiro atoms. The highest BCUT2D eigenvalue weighted by molar-refractivity contribution is 7.89. The lowest BCUT2D eigenvalue weighted by atomic mass is 10.1. The number of hydrogen-bond acceptors (Lipinski definition) is 4. The Hall–Kier alpha value is -1.14.